The molecule has 1 aliphatic carbocycles. The number of amides is 1. The van der Waals surface area contributed by atoms with Crippen LogP contribution in [0.1, 0.15) is 52.9 Å². The lowest BCUT2D eigenvalue weighted by molar-refractivity contribution is -0.149. The zero-order chi connectivity index (χ0) is 13.6. The van der Waals surface area contributed by atoms with Gasteiger partial charge >= 0.3 is 12.1 Å². The van der Waals surface area contributed by atoms with E-state index in [9.17, 15) is 9.59 Å². The predicted molar refractivity (Wildman–Crippen MR) is 67.2 cm³/mol. The number of rotatable bonds is 3. The van der Waals surface area contributed by atoms with E-state index in [2.05, 4.69) is 5.32 Å². The zero-order valence-electron chi connectivity index (χ0n) is 11.5. The molecule has 5 nitrogen and oxygen atoms in total. The van der Waals surface area contributed by atoms with Crippen molar-refractivity contribution in [1.29, 1.82) is 0 Å². The van der Waals surface area contributed by atoms with Crippen LogP contribution in [-0.4, -0.2) is 30.3 Å². The minimum Gasteiger partial charge on any atom is -0.461 e. The van der Waals surface area contributed by atoms with Gasteiger partial charge in [0.1, 0.15) is 18.2 Å². The number of ether oxygens (including phenoxy) is 2. The van der Waals surface area contributed by atoms with Crippen LogP contribution in [0, 0.1) is 0 Å². The zero-order valence-corrected chi connectivity index (χ0v) is 11.5. The molecule has 0 atom stereocenters. The van der Waals surface area contributed by atoms with Crippen LogP contribution in [0.5, 0.6) is 0 Å². The molecular formula is C13H23NO4. The average Bonchev–Trinajstić information content (AvgIpc) is 2.25. The molecule has 0 saturated heterocycles. The second-order valence-corrected chi connectivity index (χ2v) is 5.61. The molecule has 0 spiro atoms. The third kappa shape index (κ3) is 6.47. The molecular weight excluding hydrogens is 234 g/mol. The first kappa shape index (κ1) is 14.8. The molecule has 18 heavy (non-hydrogen) atoms. The summed E-state index contributed by atoms with van der Waals surface area (Å²) in [6, 6.07) is 0. The maximum absolute atomic E-state index is 11.5. The van der Waals surface area contributed by atoms with Crippen molar-refractivity contribution in [3.05, 3.63) is 0 Å². The normalized spacial score (nSPS) is 17.1. The summed E-state index contributed by atoms with van der Waals surface area (Å²) in [5, 5.41) is 2.39. The van der Waals surface area contributed by atoms with Crippen LogP contribution >= 0.6 is 0 Å². The summed E-state index contributed by atoms with van der Waals surface area (Å²) in [4.78, 5) is 22.8. The first-order valence-corrected chi connectivity index (χ1v) is 6.53. The lowest BCUT2D eigenvalue weighted by atomic mass is 9.98. The van der Waals surface area contributed by atoms with E-state index in [4.69, 9.17) is 9.47 Å². The summed E-state index contributed by atoms with van der Waals surface area (Å²) in [5.41, 5.74) is -0.558. The third-order valence-electron chi connectivity index (χ3n) is 2.63. The molecule has 1 N–H and O–H groups in total. The van der Waals surface area contributed by atoms with Gasteiger partial charge < -0.3 is 14.8 Å². The van der Waals surface area contributed by atoms with Crippen LogP contribution in [0.4, 0.5) is 4.79 Å². The van der Waals surface area contributed by atoms with Crippen LogP contribution in [0.15, 0.2) is 0 Å². The van der Waals surface area contributed by atoms with Crippen LogP contribution < -0.4 is 5.32 Å². The van der Waals surface area contributed by atoms with Gasteiger partial charge in [0.05, 0.1) is 0 Å². The molecule has 1 saturated carbocycles. The van der Waals surface area contributed by atoms with Crippen molar-refractivity contribution in [3.8, 4) is 0 Å². The lowest BCUT2D eigenvalue weighted by Crippen LogP contribution is -2.37. The molecule has 0 unspecified atom stereocenters. The lowest BCUT2D eigenvalue weighted by Gasteiger charge is -2.22. The van der Waals surface area contributed by atoms with Crippen molar-refractivity contribution in [3.63, 3.8) is 0 Å². The summed E-state index contributed by atoms with van der Waals surface area (Å²) in [6.45, 7) is 5.18. The second-order valence-electron chi connectivity index (χ2n) is 5.61. The molecule has 0 aliphatic heterocycles. The Morgan fingerprint density at radius 1 is 1.17 bits per heavy atom. The van der Waals surface area contributed by atoms with E-state index in [-0.39, 0.29) is 12.6 Å². The number of alkyl carbamates (subject to hydrolysis) is 1. The quantitative estimate of drug-likeness (QED) is 0.788. The summed E-state index contributed by atoms with van der Waals surface area (Å²) in [6.07, 6.45) is 4.71. The molecule has 0 aromatic rings. The molecule has 0 bridgehead atoms. The van der Waals surface area contributed by atoms with Crippen LogP contribution in [0.3, 0.4) is 0 Å². The molecule has 5 heteroatoms. The summed E-state index contributed by atoms with van der Waals surface area (Å²) >= 11 is 0. The summed E-state index contributed by atoms with van der Waals surface area (Å²) in [7, 11) is 0. The van der Waals surface area contributed by atoms with E-state index in [1.807, 2.05) is 0 Å². The molecule has 0 aromatic heterocycles. The predicted octanol–water partition coefficient (Wildman–Crippen LogP) is 2.39. The minimum atomic E-state index is -0.594. The Balaban J connectivity index is 2.18. The Morgan fingerprint density at radius 3 is 2.33 bits per heavy atom. The standard InChI is InChI=1S/C13H23NO4/c1-13(2,3)18-12(16)14-9-11(15)17-10-7-5-4-6-8-10/h10H,4-9H2,1-3H3,(H,14,16). The van der Waals surface area contributed by atoms with Gasteiger partial charge in [0.15, 0.2) is 0 Å². The molecule has 1 amide bonds. The number of carbonyl (C=O) groups is 2. The maximum Gasteiger partial charge on any atom is 0.408 e. The monoisotopic (exact) mass is 257 g/mol. The fourth-order valence-corrected chi connectivity index (χ4v) is 1.87. The smallest absolute Gasteiger partial charge is 0.408 e. The van der Waals surface area contributed by atoms with E-state index in [0.29, 0.717) is 0 Å². The fraction of sp³-hybridized carbons (Fsp3) is 0.846. The van der Waals surface area contributed by atoms with E-state index in [0.717, 1.165) is 25.7 Å². The fourth-order valence-electron chi connectivity index (χ4n) is 1.87. The first-order valence-electron chi connectivity index (χ1n) is 6.53. The van der Waals surface area contributed by atoms with Crippen LogP contribution in [-0.2, 0) is 14.3 Å². The number of esters is 1. The van der Waals surface area contributed by atoms with Gasteiger partial charge in [0, 0.05) is 0 Å². The van der Waals surface area contributed by atoms with Crippen molar-refractivity contribution < 1.29 is 19.1 Å². The maximum atomic E-state index is 11.5. The van der Waals surface area contributed by atoms with Gasteiger partial charge in [-0.1, -0.05) is 6.42 Å². The van der Waals surface area contributed by atoms with Gasteiger partial charge in [-0.25, -0.2) is 4.79 Å². The Hall–Kier alpha value is -1.26. The molecule has 104 valence electrons. The number of nitrogens with one attached hydrogen (secondary N) is 1. The molecule has 1 rings (SSSR count). The number of hydrogen-bond acceptors (Lipinski definition) is 4. The molecule has 0 heterocycles. The van der Waals surface area contributed by atoms with Gasteiger partial charge in [-0.2, -0.15) is 0 Å². The van der Waals surface area contributed by atoms with Crippen molar-refractivity contribution in [1.82, 2.24) is 5.32 Å². The Bertz CT molecular complexity index is 290. The second kappa shape index (κ2) is 6.61. The topological polar surface area (TPSA) is 64.6 Å². The van der Waals surface area contributed by atoms with E-state index < -0.39 is 17.7 Å². The summed E-state index contributed by atoms with van der Waals surface area (Å²) in [5.74, 6) is -0.396. The molecule has 0 aromatic carbocycles. The minimum absolute atomic E-state index is 0.0201. The van der Waals surface area contributed by atoms with Crippen LogP contribution in [0.2, 0.25) is 0 Å². The van der Waals surface area contributed by atoms with Gasteiger partial charge in [0.2, 0.25) is 0 Å². The van der Waals surface area contributed by atoms with Gasteiger partial charge in [-0.15, -0.1) is 0 Å². The number of carbonyl (C=O) groups excluding carboxylic acids is 2. The highest BCUT2D eigenvalue weighted by atomic mass is 16.6. The van der Waals surface area contributed by atoms with Crippen LogP contribution in [0.25, 0.3) is 0 Å². The van der Waals surface area contributed by atoms with E-state index in [1.165, 1.54) is 6.42 Å². The first-order chi connectivity index (χ1) is 8.37. The molecule has 0 radical (unpaired) electrons. The van der Waals surface area contributed by atoms with E-state index >= 15 is 0 Å². The van der Waals surface area contributed by atoms with Crippen molar-refractivity contribution >= 4 is 12.1 Å². The largest absolute Gasteiger partial charge is 0.461 e. The van der Waals surface area contributed by atoms with Crippen molar-refractivity contribution in [2.24, 2.45) is 0 Å². The van der Waals surface area contributed by atoms with Gasteiger partial charge in [-0.05, 0) is 46.5 Å². The molecule has 1 fully saturated rings. The molecule has 1 aliphatic rings. The highest BCUT2D eigenvalue weighted by Crippen LogP contribution is 2.20. The summed E-state index contributed by atoms with van der Waals surface area (Å²) < 4.78 is 10.3. The van der Waals surface area contributed by atoms with Gasteiger partial charge in [-0.3, -0.25) is 4.79 Å². The van der Waals surface area contributed by atoms with Crippen molar-refractivity contribution in [2.75, 3.05) is 6.54 Å². The van der Waals surface area contributed by atoms with Crippen molar-refractivity contribution in [2.45, 2.75) is 64.6 Å². The Kier molecular flexibility index (Phi) is 5.44. The van der Waals surface area contributed by atoms with E-state index in [1.54, 1.807) is 20.8 Å². The Morgan fingerprint density at radius 2 is 1.78 bits per heavy atom. The van der Waals surface area contributed by atoms with Gasteiger partial charge in [0.25, 0.3) is 0 Å². The Labute approximate surface area is 108 Å². The highest BCUT2D eigenvalue weighted by molar-refractivity contribution is 5.78. The third-order valence-corrected chi connectivity index (χ3v) is 2.63. The number of hydrogen-bond donors (Lipinski definition) is 1. The SMILES string of the molecule is CC(C)(C)OC(=O)NCC(=O)OC1CCCCC1. The highest BCUT2D eigenvalue weighted by Gasteiger charge is 2.19. The average molecular weight is 257 g/mol.